The maximum absolute atomic E-state index is 13.2. The molecule has 1 amide bonds. The van der Waals surface area contributed by atoms with Crippen LogP contribution in [0, 0.1) is 0 Å². The van der Waals surface area contributed by atoms with E-state index < -0.39 is 5.92 Å². The van der Waals surface area contributed by atoms with Gasteiger partial charge in [0.05, 0.1) is 4.88 Å². The lowest BCUT2D eigenvalue weighted by atomic mass is 9.87. The zero-order valence-corrected chi connectivity index (χ0v) is 15.0. The first-order valence-corrected chi connectivity index (χ1v) is 10.1. The largest absolute Gasteiger partial charge is 0.349 e. The summed E-state index contributed by atoms with van der Waals surface area (Å²) in [5.74, 6) is -2.19. The Kier molecular flexibility index (Phi) is 4.58. The van der Waals surface area contributed by atoms with E-state index in [0.717, 1.165) is 19.3 Å². The highest BCUT2D eigenvalue weighted by Crippen LogP contribution is 2.43. The van der Waals surface area contributed by atoms with Gasteiger partial charge in [0.25, 0.3) is 5.91 Å². The van der Waals surface area contributed by atoms with E-state index in [0.29, 0.717) is 41.8 Å². The minimum absolute atomic E-state index is 0.124. The average molecular weight is 369 g/mol. The highest BCUT2D eigenvalue weighted by atomic mass is 32.1. The molecule has 0 saturated heterocycles. The van der Waals surface area contributed by atoms with Crippen LogP contribution < -0.4 is 16.4 Å². The topological polar surface area (TPSA) is 67.1 Å². The molecule has 7 heteroatoms. The summed E-state index contributed by atoms with van der Waals surface area (Å²) in [5.41, 5.74) is 7.03. The van der Waals surface area contributed by atoms with Gasteiger partial charge in [-0.3, -0.25) is 4.79 Å². The number of nitrogens with one attached hydrogen (secondary N) is 2. The van der Waals surface area contributed by atoms with Gasteiger partial charge in [0.2, 0.25) is 5.92 Å². The van der Waals surface area contributed by atoms with Crippen LogP contribution in [0.3, 0.4) is 0 Å². The Morgan fingerprint density at radius 1 is 1.20 bits per heavy atom. The van der Waals surface area contributed by atoms with Crippen LogP contribution in [0.2, 0.25) is 0 Å². The van der Waals surface area contributed by atoms with Gasteiger partial charge in [-0.25, -0.2) is 8.78 Å². The molecule has 0 aliphatic heterocycles. The Hall–Kier alpha value is -1.05. The molecular weight excluding hydrogens is 344 g/mol. The van der Waals surface area contributed by atoms with E-state index in [4.69, 9.17) is 5.73 Å². The molecule has 0 aromatic carbocycles. The minimum Gasteiger partial charge on any atom is -0.349 e. The molecular formula is C18H25F2N3OS. The van der Waals surface area contributed by atoms with Crippen molar-refractivity contribution in [2.24, 2.45) is 5.73 Å². The minimum atomic E-state index is -2.56. The van der Waals surface area contributed by atoms with Crippen LogP contribution >= 0.6 is 11.3 Å². The van der Waals surface area contributed by atoms with Crippen molar-refractivity contribution in [3.63, 3.8) is 0 Å². The number of hydrogen-bond donors (Lipinski definition) is 3. The van der Waals surface area contributed by atoms with Crippen molar-refractivity contribution in [3.8, 4) is 0 Å². The van der Waals surface area contributed by atoms with Crippen molar-refractivity contribution in [1.82, 2.24) is 10.6 Å². The summed E-state index contributed by atoms with van der Waals surface area (Å²) in [5, 5.41) is 8.61. The number of amides is 1. The lowest BCUT2D eigenvalue weighted by Crippen LogP contribution is -2.49. The van der Waals surface area contributed by atoms with Crippen LogP contribution in [0.1, 0.15) is 66.1 Å². The molecule has 3 saturated carbocycles. The van der Waals surface area contributed by atoms with Gasteiger partial charge in [0.15, 0.2) is 0 Å². The molecule has 1 aromatic heterocycles. The van der Waals surface area contributed by atoms with E-state index in [-0.39, 0.29) is 24.8 Å². The summed E-state index contributed by atoms with van der Waals surface area (Å²) in [6, 6.07) is 3.25. The van der Waals surface area contributed by atoms with Gasteiger partial charge < -0.3 is 16.4 Å². The summed E-state index contributed by atoms with van der Waals surface area (Å²) in [4.78, 5) is 13.0. The van der Waals surface area contributed by atoms with Crippen molar-refractivity contribution in [2.75, 3.05) is 0 Å². The number of carbonyl (C=O) groups is 1. The molecule has 4 rings (SSSR count). The van der Waals surface area contributed by atoms with Gasteiger partial charge in [0, 0.05) is 42.9 Å². The van der Waals surface area contributed by atoms with Gasteiger partial charge >= 0.3 is 0 Å². The molecule has 138 valence electrons. The predicted molar refractivity (Wildman–Crippen MR) is 94.3 cm³/mol. The van der Waals surface area contributed by atoms with E-state index in [1.54, 1.807) is 0 Å². The van der Waals surface area contributed by atoms with E-state index in [1.165, 1.54) is 16.9 Å². The van der Waals surface area contributed by atoms with Gasteiger partial charge in [-0.1, -0.05) is 0 Å². The van der Waals surface area contributed by atoms with Crippen LogP contribution in [-0.2, 0) is 0 Å². The molecule has 0 bridgehead atoms. The predicted octanol–water partition coefficient (Wildman–Crippen LogP) is 2.99. The molecule has 3 fully saturated rings. The Bertz CT molecular complexity index is 634. The van der Waals surface area contributed by atoms with E-state index in [1.807, 2.05) is 6.07 Å². The third-order valence-electron chi connectivity index (χ3n) is 5.74. The summed E-state index contributed by atoms with van der Waals surface area (Å²) in [6.45, 7) is 0. The maximum Gasteiger partial charge on any atom is 0.261 e. The maximum atomic E-state index is 13.2. The van der Waals surface area contributed by atoms with Crippen LogP contribution in [0.25, 0.3) is 0 Å². The summed E-state index contributed by atoms with van der Waals surface area (Å²) >= 11 is 1.45. The van der Waals surface area contributed by atoms with Crippen molar-refractivity contribution in [1.29, 1.82) is 0 Å². The molecule has 3 aliphatic rings. The molecule has 0 spiro atoms. The molecule has 25 heavy (non-hydrogen) atoms. The number of carbonyl (C=O) groups excluding carboxylic acids is 1. The second-order valence-electron chi connectivity index (χ2n) is 7.89. The van der Waals surface area contributed by atoms with Crippen LogP contribution in [0.15, 0.2) is 11.4 Å². The fourth-order valence-electron chi connectivity index (χ4n) is 3.95. The molecule has 3 aliphatic carbocycles. The summed E-state index contributed by atoms with van der Waals surface area (Å²) in [7, 11) is 0. The number of alkyl halides is 2. The van der Waals surface area contributed by atoms with Crippen LogP contribution in [0.4, 0.5) is 8.78 Å². The standard InChI is InChI=1S/C18H25F2N3OS/c19-18(20)3-1-12(2-4-18)23-17(24)16-5-10(9-25-16)14-8-15(14)22-13-6-11(21)7-13/h5,9,11-15,22H,1-4,6-8,21H2,(H,23,24). The van der Waals surface area contributed by atoms with Crippen LogP contribution in [0.5, 0.6) is 0 Å². The third kappa shape index (κ3) is 4.04. The Morgan fingerprint density at radius 2 is 1.92 bits per heavy atom. The first-order valence-electron chi connectivity index (χ1n) is 9.18. The first kappa shape index (κ1) is 17.4. The second-order valence-corrected chi connectivity index (χ2v) is 8.80. The highest BCUT2D eigenvalue weighted by molar-refractivity contribution is 7.12. The number of halogens is 2. The SMILES string of the molecule is NC1CC(NC2CC2c2csc(C(=O)NC3CCC(F)(F)CC3)c2)C1. The lowest BCUT2D eigenvalue weighted by Gasteiger charge is -2.33. The molecule has 2 atom stereocenters. The fourth-order valence-corrected chi connectivity index (χ4v) is 4.83. The molecule has 4 N–H and O–H groups in total. The zero-order chi connectivity index (χ0) is 17.6. The average Bonchev–Trinajstić information content (AvgIpc) is 3.12. The number of nitrogens with two attached hydrogens (primary N) is 1. The zero-order valence-electron chi connectivity index (χ0n) is 14.1. The Labute approximate surface area is 150 Å². The molecule has 4 nitrogen and oxygen atoms in total. The molecule has 1 heterocycles. The van der Waals surface area contributed by atoms with E-state index in [2.05, 4.69) is 16.0 Å². The fraction of sp³-hybridized carbons (Fsp3) is 0.722. The molecule has 1 aromatic rings. The van der Waals surface area contributed by atoms with Crippen molar-refractivity contribution in [3.05, 3.63) is 21.9 Å². The van der Waals surface area contributed by atoms with Crippen molar-refractivity contribution < 1.29 is 13.6 Å². The quantitative estimate of drug-likeness (QED) is 0.747. The Balaban J connectivity index is 1.26. The molecule has 2 unspecified atom stereocenters. The summed E-state index contributed by atoms with van der Waals surface area (Å²) in [6.07, 6.45) is 3.68. The van der Waals surface area contributed by atoms with E-state index >= 15 is 0 Å². The normalized spacial score (nSPS) is 34.4. The van der Waals surface area contributed by atoms with Gasteiger partial charge in [-0.15, -0.1) is 11.3 Å². The van der Waals surface area contributed by atoms with Crippen molar-refractivity contribution in [2.45, 2.75) is 81.0 Å². The van der Waals surface area contributed by atoms with Gasteiger partial charge in [0.1, 0.15) is 0 Å². The first-order chi connectivity index (χ1) is 11.9. The van der Waals surface area contributed by atoms with Gasteiger partial charge in [-0.2, -0.15) is 0 Å². The number of thiophene rings is 1. The smallest absolute Gasteiger partial charge is 0.261 e. The highest BCUT2D eigenvalue weighted by Gasteiger charge is 2.42. The summed E-state index contributed by atoms with van der Waals surface area (Å²) < 4.78 is 26.4. The van der Waals surface area contributed by atoms with Crippen molar-refractivity contribution >= 4 is 17.2 Å². The monoisotopic (exact) mass is 369 g/mol. The molecule has 0 radical (unpaired) electrons. The lowest BCUT2D eigenvalue weighted by molar-refractivity contribution is -0.0399. The van der Waals surface area contributed by atoms with Gasteiger partial charge in [-0.05, 0) is 49.1 Å². The van der Waals surface area contributed by atoms with Crippen LogP contribution in [-0.4, -0.2) is 36.0 Å². The second kappa shape index (κ2) is 6.59. The third-order valence-corrected chi connectivity index (χ3v) is 6.69. The van der Waals surface area contributed by atoms with E-state index in [9.17, 15) is 13.6 Å². The number of rotatable bonds is 5. The Morgan fingerprint density at radius 3 is 2.60 bits per heavy atom. The number of hydrogen-bond acceptors (Lipinski definition) is 4.